The van der Waals surface area contributed by atoms with Crippen molar-refractivity contribution in [3.63, 3.8) is 0 Å². The normalized spacial score (nSPS) is 14.8. The molecule has 0 saturated heterocycles. The smallest absolute Gasteiger partial charge is 0.338 e. The fourth-order valence-electron chi connectivity index (χ4n) is 4.50. The minimum Gasteiger partial charge on any atom is -0.487 e. The number of carbonyl (C=O) groups excluding carboxylic acids is 1. The molecule has 1 aliphatic rings. The Hall–Kier alpha value is -3.60. The molecule has 0 fully saturated rings. The number of ether oxygens (including phenoxy) is 2. The highest BCUT2D eigenvalue weighted by atomic mass is 79.9. The van der Waals surface area contributed by atoms with E-state index in [1.165, 1.54) is 28.0 Å². The first kappa shape index (κ1) is 28.9. The average Bonchev–Trinajstić information content (AvgIpc) is 3.27. The minimum atomic E-state index is -0.878. The van der Waals surface area contributed by atoms with Crippen LogP contribution in [-0.4, -0.2) is 23.8 Å². The van der Waals surface area contributed by atoms with Crippen molar-refractivity contribution < 1.29 is 18.7 Å². The number of rotatable bonds is 8. The third kappa shape index (κ3) is 5.91. The Morgan fingerprint density at radius 3 is 2.44 bits per heavy atom. The molecule has 41 heavy (non-hydrogen) atoms. The van der Waals surface area contributed by atoms with E-state index >= 15 is 0 Å². The van der Waals surface area contributed by atoms with E-state index in [9.17, 15) is 14.0 Å². The summed E-state index contributed by atoms with van der Waals surface area (Å²) in [6, 6.07) is 17.8. The van der Waals surface area contributed by atoms with Crippen LogP contribution >= 0.6 is 43.2 Å². The molecule has 0 N–H and O–H groups in total. The zero-order valence-corrected chi connectivity index (χ0v) is 25.8. The van der Waals surface area contributed by atoms with Crippen molar-refractivity contribution in [3.8, 4) is 5.75 Å². The van der Waals surface area contributed by atoms with Crippen LogP contribution in [0.15, 0.2) is 104 Å². The fraction of sp³-hybridized carbons (Fsp3) is 0.129. The van der Waals surface area contributed by atoms with Gasteiger partial charge in [0.05, 0.1) is 37.4 Å². The number of carbonyl (C=O) groups is 1. The molecule has 0 radical (unpaired) electrons. The highest BCUT2D eigenvalue weighted by Gasteiger charge is 2.35. The molecule has 208 valence electrons. The monoisotopic (exact) mass is 696 g/mol. The standard InChI is InChI=1S/C31H23Br2FN2O4S/c1-3-14-40-28-22(32)15-18(16-23(28)33)17-24-29(37)36-27(20-10-12-21(34)13-11-20)25(30(38)39-4-2)26(35-31(36)41-24)19-8-6-5-7-9-19/h3,5-13,15-17,27H,1,4,14H2,2H3/b24-17-/t27-/m1/s1. The SMILES string of the molecule is C=CCOc1c(Br)cc(/C=c2\sc3n(c2=O)[C@H](c2ccc(F)cc2)C(C(=O)OCC)=C(c2ccccc2)N=3)cc1Br. The average molecular weight is 698 g/mol. The number of esters is 1. The third-order valence-corrected chi connectivity index (χ3v) is 8.38. The van der Waals surface area contributed by atoms with Crippen LogP contribution < -0.4 is 19.6 Å². The molecule has 1 aliphatic heterocycles. The van der Waals surface area contributed by atoms with Gasteiger partial charge in [-0.15, -0.1) is 0 Å². The molecule has 0 aliphatic carbocycles. The summed E-state index contributed by atoms with van der Waals surface area (Å²) in [6.07, 6.45) is 3.41. The first-order chi connectivity index (χ1) is 19.8. The Bertz CT molecular complexity index is 1820. The Balaban J connectivity index is 1.76. The number of benzene rings is 3. The van der Waals surface area contributed by atoms with Crippen LogP contribution in [0.4, 0.5) is 4.39 Å². The number of hydrogen-bond donors (Lipinski definition) is 0. The van der Waals surface area contributed by atoms with Crippen LogP contribution in [-0.2, 0) is 9.53 Å². The zero-order chi connectivity index (χ0) is 29.1. The Morgan fingerprint density at radius 2 is 1.80 bits per heavy atom. The second-order valence-corrected chi connectivity index (χ2v) is 11.6. The van der Waals surface area contributed by atoms with E-state index in [-0.39, 0.29) is 17.7 Å². The summed E-state index contributed by atoms with van der Waals surface area (Å²) in [5.41, 5.74) is 2.27. The molecule has 0 unspecified atom stereocenters. The van der Waals surface area contributed by atoms with Gasteiger partial charge in [0.2, 0.25) is 0 Å². The molecule has 0 bridgehead atoms. The number of hydrogen-bond acceptors (Lipinski definition) is 6. The lowest BCUT2D eigenvalue weighted by molar-refractivity contribution is -0.138. The van der Waals surface area contributed by atoms with Crippen LogP contribution in [0.1, 0.15) is 29.7 Å². The lowest BCUT2D eigenvalue weighted by Crippen LogP contribution is -2.40. The van der Waals surface area contributed by atoms with E-state index in [4.69, 9.17) is 14.5 Å². The van der Waals surface area contributed by atoms with Crippen LogP contribution in [0.5, 0.6) is 5.75 Å². The molecule has 0 amide bonds. The van der Waals surface area contributed by atoms with E-state index in [2.05, 4.69) is 38.4 Å². The lowest BCUT2D eigenvalue weighted by Gasteiger charge is -2.25. The first-order valence-corrected chi connectivity index (χ1v) is 15.0. The van der Waals surface area contributed by atoms with Gasteiger partial charge in [0.15, 0.2) is 4.80 Å². The molecule has 6 nitrogen and oxygen atoms in total. The largest absolute Gasteiger partial charge is 0.487 e. The van der Waals surface area contributed by atoms with Crippen LogP contribution in [0.3, 0.4) is 0 Å². The van der Waals surface area contributed by atoms with Crippen molar-refractivity contribution in [3.05, 3.63) is 136 Å². The van der Waals surface area contributed by atoms with Gasteiger partial charge in [-0.25, -0.2) is 14.2 Å². The first-order valence-electron chi connectivity index (χ1n) is 12.6. The summed E-state index contributed by atoms with van der Waals surface area (Å²) in [6.45, 7) is 5.87. The lowest BCUT2D eigenvalue weighted by atomic mass is 9.93. The topological polar surface area (TPSA) is 69.9 Å². The number of fused-ring (bicyclic) bond motifs is 1. The second kappa shape index (κ2) is 12.5. The molecule has 10 heteroatoms. The van der Waals surface area contributed by atoms with Crippen molar-refractivity contribution in [2.45, 2.75) is 13.0 Å². The highest BCUT2D eigenvalue weighted by molar-refractivity contribution is 9.11. The molecular formula is C31H23Br2FN2O4S. The maximum absolute atomic E-state index is 14.0. The van der Waals surface area contributed by atoms with Gasteiger partial charge in [0, 0.05) is 5.56 Å². The maximum Gasteiger partial charge on any atom is 0.338 e. The molecule has 0 spiro atoms. The van der Waals surface area contributed by atoms with E-state index in [0.29, 0.717) is 47.5 Å². The predicted molar refractivity (Wildman–Crippen MR) is 165 cm³/mol. The van der Waals surface area contributed by atoms with Gasteiger partial charge >= 0.3 is 5.97 Å². The van der Waals surface area contributed by atoms with E-state index in [0.717, 1.165) is 5.56 Å². The molecule has 5 rings (SSSR count). The summed E-state index contributed by atoms with van der Waals surface area (Å²) in [4.78, 5) is 32.7. The van der Waals surface area contributed by atoms with Crippen molar-refractivity contribution in [1.29, 1.82) is 0 Å². The van der Waals surface area contributed by atoms with Gasteiger partial charge in [-0.1, -0.05) is 66.5 Å². The maximum atomic E-state index is 14.0. The summed E-state index contributed by atoms with van der Waals surface area (Å²) >= 11 is 8.28. The van der Waals surface area contributed by atoms with Gasteiger partial charge in [0.1, 0.15) is 18.2 Å². The van der Waals surface area contributed by atoms with Crippen LogP contribution in [0, 0.1) is 5.82 Å². The number of nitrogens with zero attached hydrogens (tertiary/aromatic N) is 2. The quantitative estimate of drug-likeness (QED) is 0.163. The van der Waals surface area contributed by atoms with Crippen LogP contribution in [0.25, 0.3) is 11.8 Å². The molecular weight excluding hydrogens is 675 g/mol. The second-order valence-electron chi connectivity index (χ2n) is 8.90. The van der Waals surface area contributed by atoms with Crippen molar-refractivity contribution in [2.24, 2.45) is 4.99 Å². The summed E-state index contributed by atoms with van der Waals surface area (Å²) in [7, 11) is 0. The molecule has 0 saturated carbocycles. The van der Waals surface area contributed by atoms with Gasteiger partial charge in [-0.3, -0.25) is 9.36 Å². The van der Waals surface area contributed by atoms with Crippen LogP contribution in [0.2, 0.25) is 0 Å². The van der Waals surface area contributed by atoms with E-state index in [1.54, 1.807) is 31.2 Å². The third-order valence-electron chi connectivity index (χ3n) is 6.22. The zero-order valence-electron chi connectivity index (χ0n) is 21.8. The summed E-state index contributed by atoms with van der Waals surface area (Å²) in [5, 5.41) is 0. The Kier molecular flexibility index (Phi) is 8.82. The van der Waals surface area contributed by atoms with E-state index in [1.807, 2.05) is 42.5 Å². The molecule has 1 aromatic heterocycles. The summed E-state index contributed by atoms with van der Waals surface area (Å²) in [5.74, 6) is -0.407. The Labute approximate surface area is 256 Å². The molecule has 4 aromatic rings. The van der Waals surface area contributed by atoms with Gasteiger partial charge < -0.3 is 9.47 Å². The van der Waals surface area contributed by atoms with Gasteiger partial charge in [0.25, 0.3) is 5.56 Å². The predicted octanol–water partition coefficient (Wildman–Crippen LogP) is 6.16. The molecule has 1 atom stereocenters. The Morgan fingerprint density at radius 1 is 1.12 bits per heavy atom. The van der Waals surface area contributed by atoms with Gasteiger partial charge in [-0.05, 0) is 80.3 Å². The highest BCUT2D eigenvalue weighted by Crippen LogP contribution is 2.36. The van der Waals surface area contributed by atoms with Crippen molar-refractivity contribution in [1.82, 2.24) is 4.57 Å². The molecule has 2 heterocycles. The minimum absolute atomic E-state index is 0.140. The van der Waals surface area contributed by atoms with Crippen molar-refractivity contribution >= 4 is 60.9 Å². The van der Waals surface area contributed by atoms with E-state index < -0.39 is 17.8 Å². The number of aromatic nitrogens is 1. The molecule has 3 aromatic carbocycles. The fourth-order valence-corrected chi connectivity index (χ4v) is 6.95. The number of thiazole rings is 1. The van der Waals surface area contributed by atoms with Gasteiger partial charge in [-0.2, -0.15) is 0 Å². The number of halogens is 3. The summed E-state index contributed by atoms with van der Waals surface area (Å²) < 4.78 is 28.4. The van der Waals surface area contributed by atoms with Crippen molar-refractivity contribution in [2.75, 3.05) is 13.2 Å².